The van der Waals surface area contributed by atoms with Gasteiger partial charge in [-0.1, -0.05) is 12.7 Å². The minimum Gasteiger partial charge on any atom is -0.493 e. The van der Waals surface area contributed by atoms with Crippen LogP contribution in [0.5, 0.6) is 17.2 Å². The molecule has 0 radical (unpaired) electrons. The Hall–Kier alpha value is -2.93. The molecule has 0 spiro atoms. The first-order valence-corrected chi connectivity index (χ1v) is 8.02. The van der Waals surface area contributed by atoms with E-state index in [0.717, 1.165) is 16.8 Å². The zero-order valence-electron chi connectivity index (χ0n) is 15.5. The summed E-state index contributed by atoms with van der Waals surface area (Å²) < 4.78 is 21.3. The van der Waals surface area contributed by atoms with Crippen LogP contribution in [0.25, 0.3) is 17.2 Å². The van der Waals surface area contributed by atoms with Crippen molar-refractivity contribution >= 4 is 12.0 Å². The highest BCUT2D eigenvalue weighted by Crippen LogP contribution is 2.46. The fourth-order valence-electron chi connectivity index (χ4n) is 2.97. The summed E-state index contributed by atoms with van der Waals surface area (Å²) in [4.78, 5) is 15.3. The third-order valence-electron chi connectivity index (χ3n) is 4.08. The largest absolute Gasteiger partial charge is 0.493 e. The summed E-state index contributed by atoms with van der Waals surface area (Å²) in [6.07, 6.45) is 2.14. The van der Waals surface area contributed by atoms with Crippen molar-refractivity contribution in [3.63, 3.8) is 0 Å². The Labute approximate surface area is 152 Å². The molecule has 0 saturated heterocycles. The van der Waals surface area contributed by atoms with Crippen molar-refractivity contribution in [2.75, 3.05) is 35.0 Å². The van der Waals surface area contributed by atoms with Crippen molar-refractivity contribution in [3.05, 3.63) is 35.7 Å². The Morgan fingerprint density at radius 1 is 1.15 bits per heavy atom. The van der Waals surface area contributed by atoms with E-state index in [9.17, 15) is 4.79 Å². The third kappa shape index (κ3) is 3.25. The molecule has 7 heteroatoms. The second-order valence-corrected chi connectivity index (χ2v) is 5.38. The van der Waals surface area contributed by atoms with E-state index >= 15 is 0 Å². The van der Waals surface area contributed by atoms with Crippen LogP contribution in [0, 0.1) is 0 Å². The number of aromatic amines is 1. The first-order chi connectivity index (χ1) is 12.6. The number of nitrogens with one attached hydrogen (secondary N) is 1. The number of benzene rings is 1. The lowest BCUT2D eigenvalue weighted by atomic mass is 9.97. The van der Waals surface area contributed by atoms with Crippen molar-refractivity contribution in [1.29, 1.82) is 0 Å². The molecule has 26 heavy (non-hydrogen) atoms. The second kappa shape index (κ2) is 8.44. The first kappa shape index (κ1) is 19.4. The molecule has 7 nitrogen and oxygen atoms in total. The highest BCUT2D eigenvalue weighted by molar-refractivity contribution is 5.97. The Bertz CT molecular complexity index is 811. The predicted molar refractivity (Wildman–Crippen MR) is 100 cm³/mol. The van der Waals surface area contributed by atoms with Gasteiger partial charge in [-0.3, -0.25) is 0 Å². The number of ether oxygens (including phenoxy) is 4. The van der Waals surface area contributed by atoms with Gasteiger partial charge in [0.15, 0.2) is 11.5 Å². The number of carbonyl (C=O) groups is 1. The van der Waals surface area contributed by atoms with Crippen molar-refractivity contribution < 1.29 is 23.7 Å². The van der Waals surface area contributed by atoms with Gasteiger partial charge in [0.2, 0.25) is 5.75 Å². The summed E-state index contributed by atoms with van der Waals surface area (Å²) in [7, 11) is 5.97. The van der Waals surface area contributed by atoms with Gasteiger partial charge in [0.05, 0.1) is 28.4 Å². The molecule has 0 saturated carbocycles. The van der Waals surface area contributed by atoms with Gasteiger partial charge >= 0.3 is 5.97 Å². The summed E-state index contributed by atoms with van der Waals surface area (Å²) in [6.45, 7) is 4.25. The SMILES string of the molecule is C=Cc1c(C(=O)OC)[nH]c(CCN)c1-c1ccc(OC)c(OC)c1OC. The highest BCUT2D eigenvalue weighted by Gasteiger charge is 2.26. The molecule has 3 N–H and O–H groups in total. The van der Waals surface area contributed by atoms with Crippen molar-refractivity contribution in [3.8, 4) is 28.4 Å². The Morgan fingerprint density at radius 3 is 2.35 bits per heavy atom. The first-order valence-electron chi connectivity index (χ1n) is 8.02. The number of methoxy groups -OCH3 is 4. The Kier molecular flexibility index (Phi) is 6.30. The topological polar surface area (TPSA) is 95.8 Å². The number of carbonyl (C=O) groups excluding carboxylic acids is 1. The number of nitrogens with two attached hydrogens (primary N) is 1. The molecule has 0 unspecified atom stereocenters. The zero-order valence-corrected chi connectivity index (χ0v) is 15.5. The molecule has 0 atom stereocenters. The van der Waals surface area contributed by atoms with Crippen LogP contribution < -0.4 is 19.9 Å². The standard InChI is InChI=1S/C19H24N2O5/c1-6-11-15(13(9-10-20)21-16(11)19(22)26-5)12-7-8-14(23-2)18(25-4)17(12)24-3/h6-8,21H,1,9-10,20H2,2-5H3. The lowest BCUT2D eigenvalue weighted by Gasteiger charge is -2.17. The van der Waals surface area contributed by atoms with Crippen molar-refractivity contribution in [2.24, 2.45) is 5.73 Å². The number of hydrogen-bond donors (Lipinski definition) is 2. The molecule has 0 amide bonds. The highest BCUT2D eigenvalue weighted by atomic mass is 16.5. The molecule has 2 aromatic rings. The van der Waals surface area contributed by atoms with Gasteiger partial charge in [-0.15, -0.1) is 0 Å². The molecular weight excluding hydrogens is 336 g/mol. The second-order valence-electron chi connectivity index (χ2n) is 5.38. The maximum atomic E-state index is 12.2. The van der Waals surface area contributed by atoms with Crippen LogP contribution in [0.4, 0.5) is 0 Å². The number of rotatable bonds is 8. The van der Waals surface area contributed by atoms with Crippen LogP contribution in [0.1, 0.15) is 21.7 Å². The predicted octanol–water partition coefficient (Wildman–Crippen LogP) is 2.64. The van der Waals surface area contributed by atoms with Crippen LogP contribution >= 0.6 is 0 Å². The number of hydrogen-bond acceptors (Lipinski definition) is 6. The summed E-state index contributed by atoms with van der Waals surface area (Å²) >= 11 is 0. The summed E-state index contributed by atoms with van der Waals surface area (Å²) in [6, 6.07) is 3.62. The van der Waals surface area contributed by atoms with E-state index in [4.69, 9.17) is 24.7 Å². The molecule has 0 aliphatic carbocycles. The lowest BCUT2D eigenvalue weighted by Crippen LogP contribution is -2.06. The van der Waals surface area contributed by atoms with Gasteiger partial charge < -0.3 is 29.7 Å². The van der Waals surface area contributed by atoms with Gasteiger partial charge in [-0.25, -0.2) is 4.79 Å². The lowest BCUT2D eigenvalue weighted by molar-refractivity contribution is 0.0594. The van der Waals surface area contributed by atoms with Crippen LogP contribution in [0.15, 0.2) is 18.7 Å². The van der Waals surface area contributed by atoms with E-state index < -0.39 is 5.97 Å². The van der Waals surface area contributed by atoms with Crippen molar-refractivity contribution in [2.45, 2.75) is 6.42 Å². The van der Waals surface area contributed by atoms with Gasteiger partial charge in [-0.05, 0) is 18.7 Å². The zero-order chi connectivity index (χ0) is 19.3. The maximum Gasteiger partial charge on any atom is 0.355 e. The smallest absolute Gasteiger partial charge is 0.355 e. The molecule has 1 aromatic heterocycles. The van der Waals surface area contributed by atoms with E-state index in [1.165, 1.54) is 14.2 Å². The van der Waals surface area contributed by atoms with Crippen molar-refractivity contribution in [1.82, 2.24) is 4.98 Å². The molecule has 1 aromatic carbocycles. The van der Waals surface area contributed by atoms with Gasteiger partial charge in [0.1, 0.15) is 5.69 Å². The molecule has 0 aliphatic heterocycles. The normalized spacial score (nSPS) is 10.3. The monoisotopic (exact) mass is 360 g/mol. The van der Waals surface area contributed by atoms with Gasteiger partial charge in [0.25, 0.3) is 0 Å². The van der Waals surface area contributed by atoms with Crippen LogP contribution in [-0.2, 0) is 11.2 Å². The molecule has 140 valence electrons. The van der Waals surface area contributed by atoms with Crippen LogP contribution in [0.3, 0.4) is 0 Å². The minimum atomic E-state index is -0.483. The molecule has 0 bridgehead atoms. The van der Waals surface area contributed by atoms with E-state index in [1.807, 2.05) is 6.07 Å². The maximum absolute atomic E-state index is 12.2. The summed E-state index contributed by atoms with van der Waals surface area (Å²) in [5.74, 6) is 1.01. The molecule has 2 rings (SSSR count). The molecule has 0 fully saturated rings. The van der Waals surface area contributed by atoms with E-state index in [-0.39, 0.29) is 0 Å². The molecule has 0 aliphatic rings. The number of H-pyrrole nitrogens is 1. The van der Waals surface area contributed by atoms with E-state index in [2.05, 4.69) is 11.6 Å². The summed E-state index contributed by atoms with van der Waals surface area (Å²) in [5, 5.41) is 0. The quantitative estimate of drug-likeness (QED) is 0.703. The van der Waals surface area contributed by atoms with Crippen LogP contribution in [0.2, 0.25) is 0 Å². The Morgan fingerprint density at radius 2 is 1.85 bits per heavy atom. The van der Waals surface area contributed by atoms with E-state index in [0.29, 0.717) is 41.5 Å². The average Bonchev–Trinajstić information content (AvgIpc) is 3.04. The molecular formula is C19H24N2O5. The Balaban J connectivity index is 2.84. The fraction of sp³-hybridized carbons (Fsp3) is 0.316. The third-order valence-corrected chi connectivity index (χ3v) is 4.08. The van der Waals surface area contributed by atoms with Crippen LogP contribution in [-0.4, -0.2) is 45.9 Å². The number of aromatic nitrogens is 1. The fourth-order valence-corrected chi connectivity index (χ4v) is 2.97. The summed E-state index contributed by atoms with van der Waals surface area (Å²) in [5.41, 5.74) is 8.97. The van der Waals surface area contributed by atoms with Gasteiger partial charge in [-0.2, -0.15) is 0 Å². The minimum absolute atomic E-state index is 0.317. The molecule has 1 heterocycles. The number of esters is 1. The van der Waals surface area contributed by atoms with E-state index in [1.54, 1.807) is 26.4 Å². The van der Waals surface area contributed by atoms with Gasteiger partial charge in [0, 0.05) is 28.8 Å². The average molecular weight is 360 g/mol.